The number of fused-ring (bicyclic) bond motifs is 1. The Bertz CT molecular complexity index is 1320. The summed E-state index contributed by atoms with van der Waals surface area (Å²) < 4.78 is 40.0. The van der Waals surface area contributed by atoms with Gasteiger partial charge in [-0.3, -0.25) is 19.6 Å². The van der Waals surface area contributed by atoms with Crippen molar-refractivity contribution in [3.63, 3.8) is 0 Å². The molecule has 2 amide bonds. The number of pyridine rings is 2. The highest BCUT2D eigenvalue weighted by molar-refractivity contribution is 5.96. The summed E-state index contributed by atoms with van der Waals surface area (Å²) in [5.74, 6) is -0.880. The molecule has 0 radical (unpaired) electrons. The third-order valence-corrected chi connectivity index (χ3v) is 7.50. The highest BCUT2D eigenvalue weighted by atomic mass is 19.4. The summed E-state index contributed by atoms with van der Waals surface area (Å²) in [5.41, 5.74) is 1.92. The molecule has 1 N–H and O–H groups in total. The third kappa shape index (κ3) is 5.20. The molecule has 0 spiro atoms. The van der Waals surface area contributed by atoms with Gasteiger partial charge in [-0.2, -0.15) is 13.2 Å². The summed E-state index contributed by atoms with van der Waals surface area (Å²) >= 11 is 0. The quantitative estimate of drug-likeness (QED) is 0.527. The lowest BCUT2D eigenvalue weighted by molar-refractivity contribution is -0.138. The van der Waals surface area contributed by atoms with Crippen LogP contribution in [0.25, 0.3) is 0 Å². The number of anilines is 1. The van der Waals surface area contributed by atoms with Crippen molar-refractivity contribution in [1.29, 1.82) is 0 Å². The number of aromatic nitrogens is 2. The van der Waals surface area contributed by atoms with Gasteiger partial charge in [0.15, 0.2) is 0 Å². The fourth-order valence-electron chi connectivity index (χ4n) is 5.39. The lowest BCUT2D eigenvalue weighted by atomic mass is 10.00. The lowest BCUT2D eigenvalue weighted by Gasteiger charge is -2.37. The van der Waals surface area contributed by atoms with E-state index in [0.29, 0.717) is 18.4 Å². The van der Waals surface area contributed by atoms with Gasteiger partial charge in [0.05, 0.1) is 17.2 Å². The van der Waals surface area contributed by atoms with E-state index in [1.165, 1.54) is 0 Å². The zero-order valence-electron chi connectivity index (χ0n) is 20.9. The van der Waals surface area contributed by atoms with Crippen LogP contribution in [0.4, 0.5) is 18.9 Å². The first-order chi connectivity index (χ1) is 18.2. The molecule has 1 saturated heterocycles. The number of hydrogen-bond acceptors (Lipinski definition) is 5. The SMILES string of the molecule is CN(C(=O)c1ccc2c(c1)CCC2NC(=O)c1cnccc1C(F)(F)F)C1CCN(c2ccncc2)CC1. The molecule has 1 fully saturated rings. The Kier molecular flexibility index (Phi) is 7.05. The Labute approximate surface area is 218 Å². The minimum Gasteiger partial charge on any atom is -0.371 e. The molecule has 3 aromatic rings. The van der Waals surface area contributed by atoms with Crippen LogP contribution in [0.1, 0.15) is 62.7 Å². The predicted molar refractivity (Wildman–Crippen MR) is 136 cm³/mol. The molecule has 10 heteroatoms. The Morgan fingerprint density at radius 3 is 2.42 bits per heavy atom. The summed E-state index contributed by atoms with van der Waals surface area (Å²) in [6, 6.07) is 9.85. The molecule has 0 bridgehead atoms. The maximum atomic E-state index is 13.3. The Morgan fingerprint density at radius 2 is 1.71 bits per heavy atom. The van der Waals surface area contributed by atoms with Gasteiger partial charge in [0.2, 0.25) is 0 Å². The second-order valence-electron chi connectivity index (χ2n) is 9.74. The van der Waals surface area contributed by atoms with Crippen molar-refractivity contribution in [2.24, 2.45) is 0 Å². The van der Waals surface area contributed by atoms with Gasteiger partial charge in [-0.15, -0.1) is 0 Å². The monoisotopic (exact) mass is 523 g/mol. The normalized spacial score (nSPS) is 17.7. The first kappa shape index (κ1) is 25.7. The van der Waals surface area contributed by atoms with E-state index in [4.69, 9.17) is 0 Å². The number of amides is 2. The van der Waals surface area contributed by atoms with E-state index in [-0.39, 0.29) is 11.9 Å². The average Bonchev–Trinajstić information content (AvgIpc) is 3.34. The van der Waals surface area contributed by atoms with Crippen molar-refractivity contribution in [2.75, 3.05) is 25.0 Å². The Hall–Kier alpha value is -3.95. The van der Waals surface area contributed by atoms with Gasteiger partial charge in [-0.05, 0) is 67.1 Å². The first-order valence-electron chi connectivity index (χ1n) is 12.6. The second-order valence-corrected chi connectivity index (χ2v) is 9.74. The molecule has 2 aromatic heterocycles. The average molecular weight is 524 g/mol. The van der Waals surface area contributed by atoms with Gasteiger partial charge in [-0.1, -0.05) is 6.07 Å². The number of halogens is 3. The fourth-order valence-corrected chi connectivity index (χ4v) is 5.39. The Balaban J connectivity index is 1.23. The molecule has 0 saturated carbocycles. The van der Waals surface area contributed by atoms with Gasteiger partial charge < -0.3 is 15.1 Å². The highest BCUT2D eigenvalue weighted by Crippen LogP contribution is 2.35. The van der Waals surface area contributed by atoms with E-state index in [2.05, 4.69) is 20.2 Å². The standard InChI is InChI=1S/C28H28F3N5O2/c1-35(20-9-14-36(15-10-20)21-6-11-32-12-7-21)27(38)19-2-4-22-18(16-19)3-5-25(22)34-26(37)23-17-33-13-8-24(23)28(29,30)31/h2,4,6-8,11-13,16-17,20,25H,3,5,9-10,14-15H2,1H3,(H,34,37). The fraction of sp³-hybridized carbons (Fsp3) is 0.357. The Morgan fingerprint density at radius 1 is 1.00 bits per heavy atom. The van der Waals surface area contributed by atoms with Gasteiger partial charge in [-0.25, -0.2) is 0 Å². The van der Waals surface area contributed by atoms with E-state index in [0.717, 1.165) is 61.2 Å². The van der Waals surface area contributed by atoms with Crippen LogP contribution in [0.2, 0.25) is 0 Å². The van der Waals surface area contributed by atoms with Gasteiger partial charge in [0, 0.05) is 62.2 Å². The zero-order valence-corrected chi connectivity index (χ0v) is 20.9. The van der Waals surface area contributed by atoms with Crippen LogP contribution in [0.3, 0.4) is 0 Å². The van der Waals surface area contributed by atoms with Crippen LogP contribution in [0.15, 0.2) is 61.2 Å². The minimum absolute atomic E-state index is 0.0622. The van der Waals surface area contributed by atoms with E-state index < -0.39 is 29.3 Å². The molecule has 1 aliphatic heterocycles. The van der Waals surface area contributed by atoms with Crippen molar-refractivity contribution in [2.45, 2.75) is 43.9 Å². The van der Waals surface area contributed by atoms with Crippen molar-refractivity contribution in [3.05, 3.63) is 89.0 Å². The molecule has 1 aromatic carbocycles. The molecule has 1 atom stereocenters. The number of aryl methyl sites for hydroxylation is 1. The van der Waals surface area contributed by atoms with E-state index in [9.17, 15) is 22.8 Å². The molecule has 3 heterocycles. The molecule has 198 valence electrons. The van der Waals surface area contributed by atoms with Gasteiger partial charge in [0.1, 0.15) is 0 Å². The van der Waals surface area contributed by atoms with Crippen LogP contribution in [0.5, 0.6) is 0 Å². The van der Waals surface area contributed by atoms with Crippen LogP contribution in [-0.2, 0) is 12.6 Å². The third-order valence-electron chi connectivity index (χ3n) is 7.50. The number of carbonyl (C=O) groups excluding carboxylic acids is 2. The highest BCUT2D eigenvalue weighted by Gasteiger charge is 2.36. The molecule has 5 rings (SSSR count). The number of nitrogens with zero attached hydrogens (tertiary/aromatic N) is 4. The summed E-state index contributed by atoms with van der Waals surface area (Å²) in [6.07, 6.45) is 3.74. The number of alkyl halides is 3. The van der Waals surface area contributed by atoms with Gasteiger partial charge >= 0.3 is 6.18 Å². The minimum atomic E-state index is -4.65. The summed E-state index contributed by atoms with van der Waals surface area (Å²) in [5, 5.41) is 2.72. The molecular formula is C28H28F3N5O2. The molecule has 7 nitrogen and oxygen atoms in total. The molecule has 1 unspecified atom stereocenters. The summed E-state index contributed by atoms with van der Waals surface area (Å²) in [7, 11) is 1.83. The van der Waals surface area contributed by atoms with Crippen LogP contribution in [0, 0.1) is 0 Å². The topological polar surface area (TPSA) is 78.4 Å². The van der Waals surface area contributed by atoms with Crippen molar-refractivity contribution < 1.29 is 22.8 Å². The summed E-state index contributed by atoms with van der Waals surface area (Å²) in [4.78, 5) is 37.9. The smallest absolute Gasteiger partial charge is 0.371 e. The van der Waals surface area contributed by atoms with Crippen molar-refractivity contribution >= 4 is 17.5 Å². The van der Waals surface area contributed by atoms with Crippen molar-refractivity contribution in [1.82, 2.24) is 20.2 Å². The first-order valence-corrected chi connectivity index (χ1v) is 12.6. The largest absolute Gasteiger partial charge is 0.417 e. The number of hydrogen-bond donors (Lipinski definition) is 1. The van der Waals surface area contributed by atoms with Crippen molar-refractivity contribution in [3.8, 4) is 0 Å². The maximum Gasteiger partial charge on any atom is 0.417 e. The number of carbonyl (C=O) groups is 2. The number of nitrogens with one attached hydrogen (secondary N) is 1. The molecule has 2 aliphatic rings. The predicted octanol–water partition coefficient (Wildman–Crippen LogP) is 4.65. The molecule has 1 aliphatic carbocycles. The van der Waals surface area contributed by atoms with Gasteiger partial charge in [0.25, 0.3) is 11.8 Å². The lowest BCUT2D eigenvalue weighted by Crippen LogP contribution is -2.45. The number of benzene rings is 1. The molecule has 38 heavy (non-hydrogen) atoms. The second kappa shape index (κ2) is 10.4. The summed E-state index contributed by atoms with van der Waals surface area (Å²) in [6.45, 7) is 1.70. The number of rotatable bonds is 5. The van der Waals surface area contributed by atoms with E-state index in [1.807, 2.05) is 25.2 Å². The van der Waals surface area contributed by atoms with E-state index in [1.54, 1.807) is 29.4 Å². The maximum absolute atomic E-state index is 13.3. The van der Waals surface area contributed by atoms with Crippen LogP contribution in [-0.4, -0.2) is 52.9 Å². The van der Waals surface area contributed by atoms with E-state index >= 15 is 0 Å². The number of piperidine rings is 1. The van der Waals surface area contributed by atoms with Crippen LogP contribution < -0.4 is 10.2 Å². The van der Waals surface area contributed by atoms with Crippen LogP contribution >= 0.6 is 0 Å². The molecular weight excluding hydrogens is 495 g/mol. The zero-order chi connectivity index (χ0) is 26.9.